The van der Waals surface area contributed by atoms with E-state index in [0.29, 0.717) is 5.75 Å². The molecule has 118 valence electrons. The molecule has 1 aliphatic rings. The van der Waals surface area contributed by atoms with Crippen molar-refractivity contribution in [1.82, 2.24) is 4.90 Å². The Bertz CT molecular complexity index is 466. The average molecular weight is 317 g/mol. The van der Waals surface area contributed by atoms with Gasteiger partial charge < -0.3 is 15.1 Å². The van der Waals surface area contributed by atoms with Gasteiger partial charge in [0.05, 0.1) is 5.41 Å². The first kappa shape index (κ1) is 17.5. The molecule has 0 aliphatic carbocycles. The zero-order valence-electron chi connectivity index (χ0n) is 12.0. The van der Waals surface area contributed by atoms with Crippen LogP contribution in [0.15, 0.2) is 0 Å². The molecule has 0 bridgehead atoms. The van der Waals surface area contributed by atoms with Gasteiger partial charge in [0.2, 0.25) is 5.91 Å². The molecular formula is C13H19NO6S. The fraction of sp³-hybridized carbons (Fsp3) is 0.692. The van der Waals surface area contributed by atoms with Crippen molar-refractivity contribution in [2.75, 3.05) is 12.3 Å². The highest BCUT2D eigenvalue weighted by atomic mass is 32.2. The number of carboxylic acids is 2. The fourth-order valence-electron chi connectivity index (χ4n) is 2.30. The highest BCUT2D eigenvalue weighted by Gasteiger charge is 2.45. The summed E-state index contributed by atoms with van der Waals surface area (Å²) in [6, 6.07) is -1.13. The van der Waals surface area contributed by atoms with Crippen LogP contribution in [-0.2, 0) is 19.2 Å². The van der Waals surface area contributed by atoms with Gasteiger partial charge >= 0.3 is 11.9 Å². The van der Waals surface area contributed by atoms with Gasteiger partial charge in [-0.25, -0.2) is 4.79 Å². The predicted octanol–water partition coefficient (Wildman–Crippen LogP) is 0.823. The summed E-state index contributed by atoms with van der Waals surface area (Å²) in [7, 11) is 0. The Kier molecular flexibility index (Phi) is 5.77. The number of piperidine rings is 1. The van der Waals surface area contributed by atoms with Crippen molar-refractivity contribution in [2.45, 2.75) is 39.2 Å². The lowest BCUT2D eigenvalue weighted by molar-refractivity contribution is -0.162. The summed E-state index contributed by atoms with van der Waals surface area (Å²) in [5.41, 5.74) is -1.13. The highest BCUT2D eigenvalue weighted by Crippen LogP contribution is 2.35. The number of thioether (sulfide) groups is 1. The standard InChI is InChI=1S/C13H19NO6S/c1-8(15)21-6-3-10(16)14-5-4-13(2,12(19)20)7-9(14)11(17)18/h9H,3-7H2,1-2H3,(H,17,18)(H,19,20). The maximum atomic E-state index is 12.1. The first-order valence-electron chi connectivity index (χ1n) is 6.56. The molecule has 8 heteroatoms. The Labute approximate surface area is 126 Å². The second kappa shape index (κ2) is 6.93. The molecule has 0 radical (unpaired) electrons. The third-order valence-corrected chi connectivity index (χ3v) is 4.48. The van der Waals surface area contributed by atoms with Crippen molar-refractivity contribution < 1.29 is 29.4 Å². The minimum atomic E-state index is -1.20. The van der Waals surface area contributed by atoms with Crippen LogP contribution < -0.4 is 0 Å². The molecule has 0 aromatic rings. The Morgan fingerprint density at radius 3 is 2.38 bits per heavy atom. The van der Waals surface area contributed by atoms with Crippen molar-refractivity contribution in [2.24, 2.45) is 5.41 Å². The van der Waals surface area contributed by atoms with Gasteiger partial charge in [0, 0.05) is 25.6 Å². The number of hydrogen-bond donors (Lipinski definition) is 2. The summed E-state index contributed by atoms with van der Waals surface area (Å²) in [5.74, 6) is -2.31. The van der Waals surface area contributed by atoms with E-state index in [4.69, 9.17) is 0 Å². The number of aliphatic carboxylic acids is 2. The number of amides is 1. The summed E-state index contributed by atoms with van der Waals surface area (Å²) >= 11 is 1.01. The van der Waals surface area contributed by atoms with Gasteiger partial charge in [0.25, 0.3) is 0 Å². The van der Waals surface area contributed by atoms with Gasteiger partial charge in [-0.3, -0.25) is 14.4 Å². The van der Waals surface area contributed by atoms with Crippen LogP contribution in [0.5, 0.6) is 0 Å². The number of carboxylic acid groups (broad SMARTS) is 2. The van der Waals surface area contributed by atoms with Crippen molar-refractivity contribution in [1.29, 1.82) is 0 Å². The summed E-state index contributed by atoms with van der Waals surface area (Å²) in [5, 5.41) is 18.3. The van der Waals surface area contributed by atoms with Gasteiger partial charge in [0.15, 0.2) is 5.12 Å². The smallest absolute Gasteiger partial charge is 0.326 e. The molecule has 0 saturated carbocycles. The molecule has 1 aliphatic heterocycles. The molecular weight excluding hydrogens is 298 g/mol. The zero-order valence-corrected chi connectivity index (χ0v) is 12.8. The first-order chi connectivity index (χ1) is 9.67. The monoisotopic (exact) mass is 317 g/mol. The Balaban J connectivity index is 2.74. The van der Waals surface area contributed by atoms with Crippen LogP contribution in [-0.4, -0.2) is 56.4 Å². The van der Waals surface area contributed by atoms with Crippen LogP contribution in [0.25, 0.3) is 0 Å². The Morgan fingerprint density at radius 2 is 1.90 bits per heavy atom. The summed E-state index contributed by atoms with van der Waals surface area (Å²) < 4.78 is 0. The van der Waals surface area contributed by atoms with Crippen LogP contribution in [0.2, 0.25) is 0 Å². The second-order valence-electron chi connectivity index (χ2n) is 5.35. The Hall–Kier alpha value is -1.57. The largest absolute Gasteiger partial charge is 0.481 e. The third kappa shape index (κ3) is 4.45. The number of carbonyl (C=O) groups is 4. The number of likely N-dealkylation sites (tertiary alicyclic amines) is 1. The Morgan fingerprint density at radius 1 is 1.29 bits per heavy atom. The van der Waals surface area contributed by atoms with E-state index in [2.05, 4.69) is 0 Å². The molecule has 1 fully saturated rings. The van der Waals surface area contributed by atoms with Crippen molar-refractivity contribution >= 4 is 34.7 Å². The maximum absolute atomic E-state index is 12.1. The molecule has 1 heterocycles. The second-order valence-corrected chi connectivity index (χ2v) is 6.62. The SMILES string of the molecule is CC(=O)SCCC(=O)N1CCC(C)(C(=O)O)CC1C(=O)O. The van der Waals surface area contributed by atoms with Gasteiger partial charge in [-0.2, -0.15) is 0 Å². The van der Waals surface area contributed by atoms with Crippen molar-refractivity contribution in [3.05, 3.63) is 0 Å². The molecule has 2 N–H and O–H groups in total. The van der Waals surface area contributed by atoms with Gasteiger partial charge in [0.1, 0.15) is 6.04 Å². The number of hydrogen-bond acceptors (Lipinski definition) is 5. The van der Waals surface area contributed by atoms with Crippen LogP contribution in [0.3, 0.4) is 0 Å². The quantitative estimate of drug-likeness (QED) is 0.772. The molecule has 1 saturated heterocycles. The topological polar surface area (TPSA) is 112 Å². The molecule has 2 unspecified atom stereocenters. The van der Waals surface area contributed by atoms with E-state index in [-0.39, 0.29) is 36.8 Å². The van der Waals surface area contributed by atoms with Crippen LogP contribution in [0, 0.1) is 5.41 Å². The third-order valence-electron chi connectivity index (χ3n) is 3.67. The first-order valence-corrected chi connectivity index (χ1v) is 7.55. The van der Waals surface area contributed by atoms with Gasteiger partial charge in [-0.1, -0.05) is 11.8 Å². The van der Waals surface area contributed by atoms with Crippen LogP contribution >= 0.6 is 11.8 Å². The van der Waals surface area contributed by atoms with Gasteiger partial charge in [-0.05, 0) is 19.8 Å². The normalized spacial score (nSPS) is 25.4. The minimum Gasteiger partial charge on any atom is -0.481 e. The van der Waals surface area contributed by atoms with E-state index >= 15 is 0 Å². The lowest BCUT2D eigenvalue weighted by atomic mass is 9.77. The summed E-state index contributed by atoms with van der Waals surface area (Å²) in [6.45, 7) is 3.00. The van der Waals surface area contributed by atoms with E-state index < -0.39 is 23.4 Å². The summed E-state index contributed by atoms with van der Waals surface area (Å²) in [4.78, 5) is 46.6. The number of rotatable bonds is 5. The molecule has 21 heavy (non-hydrogen) atoms. The lowest BCUT2D eigenvalue weighted by Crippen LogP contribution is -2.54. The highest BCUT2D eigenvalue weighted by molar-refractivity contribution is 8.13. The molecule has 2 atom stereocenters. The van der Waals surface area contributed by atoms with E-state index in [1.807, 2.05) is 0 Å². The summed E-state index contributed by atoms with van der Waals surface area (Å²) in [6.07, 6.45) is 0.179. The van der Waals surface area contributed by atoms with Gasteiger partial charge in [-0.15, -0.1) is 0 Å². The number of nitrogens with zero attached hydrogens (tertiary/aromatic N) is 1. The number of carbonyl (C=O) groups excluding carboxylic acids is 2. The molecule has 1 amide bonds. The lowest BCUT2D eigenvalue weighted by Gasteiger charge is -2.40. The van der Waals surface area contributed by atoms with Crippen LogP contribution in [0.1, 0.15) is 33.1 Å². The van der Waals surface area contributed by atoms with E-state index in [0.717, 1.165) is 11.8 Å². The maximum Gasteiger partial charge on any atom is 0.326 e. The zero-order chi connectivity index (χ0) is 16.2. The molecule has 0 spiro atoms. The molecule has 7 nitrogen and oxygen atoms in total. The van der Waals surface area contributed by atoms with E-state index in [1.165, 1.54) is 18.7 Å². The molecule has 0 aromatic heterocycles. The average Bonchev–Trinajstić information content (AvgIpc) is 2.37. The van der Waals surface area contributed by atoms with E-state index in [1.54, 1.807) is 0 Å². The van der Waals surface area contributed by atoms with Crippen molar-refractivity contribution in [3.63, 3.8) is 0 Å². The van der Waals surface area contributed by atoms with Crippen molar-refractivity contribution in [3.8, 4) is 0 Å². The fourth-order valence-corrected chi connectivity index (χ4v) is 2.87. The van der Waals surface area contributed by atoms with E-state index in [9.17, 15) is 29.4 Å². The minimum absolute atomic E-state index is 0.0673. The molecule has 0 aromatic carbocycles. The van der Waals surface area contributed by atoms with Crippen LogP contribution in [0.4, 0.5) is 0 Å². The molecule has 1 rings (SSSR count). The predicted molar refractivity (Wildman–Crippen MR) is 75.9 cm³/mol.